The van der Waals surface area contributed by atoms with E-state index in [2.05, 4.69) is 16.0 Å². The van der Waals surface area contributed by atoms with Gasteiger partial charge in [0.05, 0.1) is 0 Å². The molecule has 3 rings (SSSR count). The summed E-state index contributed by atoms with van der Waals surface area (Å²) >= 11 is 1.71. The second-order valence-corrected chi connectivity index (χ2v) is 8.65. The molecule has 158 valence electrons. The maximum Gasteiger partial charge on any atom is 0.313 e. The minimum atomic E-state index is -0.748. The monoisotopic (exact) mass is 427 g/mol. The van der Waals surface area contributed by atoms with Crippen LogP contribution in [0.1, 0.15) is 19.8 Å². The van der Waals surface area contributed by atoms with Crippen LogP contribution in [0.25, 0.3) is 0 Å². The molecule has 0 radical (unpaired) electrons. The van der Waals surface area contributed by atoms with Crippen LogP contribution in [0.3, 0.4) is 0 Å². The Morgan fingerprint density at radius 1 is 0.933 bits per heavy atom. The molecule has 0 aliphatic carbocycles. The van der Waals surface area contributed by atoms with Gasteiger partial charge in [-0.1, -0.05) is 24.3 Å². The van der Waals surface area contributed by atoms with Gasteiger partial charge in [-0.2, -0.15) is 0 Å². The summed E-state index contributed by atoms with van der Waals surface area (Å²) in [5, 5.41) is 7.99. The third-order valence-corrected chi connectivity index (χ3v) is 6.19. The molecular weight excluding hydrogens is 402 g/mol. The van der Waals surface area contributed by atoms with Gasteiger partial charge in [-0.05, 0) is 43.2 Å². The van der Waals surface area contributed by atoms with Crippen LogP contribution in [0.4, 0.5) is 11.4 Å². The van der Waals surface area contributed by atoms with Gasteiger partial charge >= 0.3 is 11.8 Å². The fourth-order valence-electron chi connectivity index (χ4n) is 3.18. The van der Waals surface area contributed by atoms with Gasteiger partial charge in [0, 0.05) is 47.7 Å². The maximum atomic E-state index is 12.4. The second kappa shape index (κ2) is 10.3. The number of carbonyl (C=O) groups is 3. The molecule has 0 spiro atoms. The lowest BCUT2D eigenvalue weighted by molar-refractivity contribution is -0.136. The largest absolute Gasteiger partial charge is 0.381 e. The SMILES string of the molecule is CC(=O)Nc1cccc(NC(=O)C(=O)NCC2(Sc3ccccc3)CCOCC2)c1. The third-order valence-electron chi connectivity index (χ3n) is 4.70. The minimum Gasteiger partial charge on any atom is -0.381 e. The van der Waals surface area contributed by atoms with Crippen molar-refractivity contribution in [2.24, 2.45) is 0 Å². The first-order valence-corrected chi connectivity index (χ1v) is 10.6. The maximum absolute atomic E-state index is 12.4. The van der Waals surface area contributed by atoms with E-state index in [9.17, 15) is 14.4 Å². The molecule has 1 aliphatic heterocycles. The van der Waals surface area contributed by atoms with Gasteiger partial charge in [0.25, 0.3) is 0 Å². The predicted molar refractivity (Wildman–Crippen MR) is 117 cm³/mol. The van der Waals surface area contributed by atoms with Crippen LogP contribution in [-0.2, 0) is 19.1 Å². The smallest absolute Gasteiger partial charge is 0.313 e. The Morgan fingerprint density at radius 3 is 2.27 bits per heavy atom. The number of hydrogen-bond acceptors (Lipinski definition) is 5. The van der Waals surface area contributed by atoms with Crippen molar-refractivity contribution in [3.8, 4) is 0 Å². The van der Waals surface area contributed by atoms with Crippen LogP contribution < -0.4 is 16.0 Å². The highest BCUT2D eigenvalue weighted by Gasteiger charge is 2.34. The number of carbonyl (C=O) groups excluding carboxylic acids is 3. The van der Waals surface area contributed by atoms with Crippen LogP contribution in [0.5, 0.6) is 0 Å². The molecule has 8 heteroatoms. The Kier molecular flexibility index (Phi) is 7.48. The van der Waals surface area contributed by atoms with E-state index in [1.807, 2.05) is 30.3 Å². The van der Waals surface area contributed by atoms with Gasteiger partial charge in [0.1, 0.15) is 0 Å². The van der Waals surface area contributed by atoms with Crippen molar-refractivity contribution in [2.45, 2.75) is 29.4 Å². The highest BCUT2D eigenvalue weighted by atomic mass is 32.2. The molecule has 1 fully saturated rings. The molecule has 0 bridgehead atoms. The molecule has 1 heterocycles. The molecule has 1 saturated heterocycles. The van der Waals surface area contributed by atoms with Crippen molar-refractivity contribution < 1.29 is 19.1 Å². The number of anilines is 2. The summed E-state index contributed by atoms with van der Waals surface area (Å²) in [4.78, 5) is 37.0. The number of hydrogen-bond donors (Lipinski definition) is 3. The zero-order valence-electron chi connectivity index (χ0n) is 16.8. The average molecular weight is 428 g/mol. The quantitative estimate of drug-likeness (QED) is 0.616. The highest BCUT2D eigenvalue weighted by molar-refractivity contribution is 8.00. The van der Waals surface area contributed by atoms with Crippen LogP contribution in [0.15, 0.2) is 59.5 Å². The Bertz CT molecular complexity index is 898. The Morgan fingerprint density at radius 2 is 1.60 bits per heavy atom. The number of benzene rings is 2. The average Bonchev–Trinajstić information content (AvgIpc) is 2.73. The summed E-state index contributed by atoms with van der Waals surface area (Å²) in [7, 11) is 0. The van der Waals surface area contributed by atoms with Crippen molar-refractivity contribution in [3.63, 3.8) is 0 Å². The molecule has 1 aliphatic rings. The van der Waals surface area contributed by atoms with E-state index in [1.54, 1.807) is 36.0 Å². The molecule has 7 nitrogen and oxygen atoms in total. The summed E-state index contributed by atoms with van der Waals surface area (Å²) in [6, 6.07) is 16.6. The zero-order chi connectivity index (χ0) is 21.4. The summed E-state index contributed by atoms with van der Waals surface area (Å²) < 4.78 is 5.28. The second-order valence-electron chi connectivity index (χ2n) is 7.11. The van der Waals surface area contributed by atoms with E-state index in [-0.39, 0.29) is 10.7 Å². The summed E-state index contributed by atoms with van der Waals surface area (Å²) in [6.45, 7) is 3.02. The molecular formula is C22H25N3O4S. The normalized spacial score (nSPS) is 15.1. The standard InChI is InChI=1S/C22H25N3O4S/c1-16(26)24-17-6-5-7-18(14-17)25-21(28)20(27)23-15-22(10-12-29-13-11-22)30-19-8-3-2-4-9-19/h2-9,14H,10-13,15H2,1H3,(H,23,27)(H,24,26)(H,25,28). The van der Waals surface area contributed by atoms with Crippen LogP contribution >= 0.6 is 11.8 Å². The lowest BCUT2D eigenvalue weighted by Crippen LogP contribution is -2.47. The van der Waals surface area contributed by atoms with Gasteiger partial charge in [0.2, 0.25) is 5.91 Å². The minimum absolute atomic E-state index is 0.214. The van der Waals surface area contributed by atoms with Crippen molar-refractivity contribution in [1.82, 2.24) is 5.32 Å². The summed E-state index contributed by atoms with van der Waals surface area (Å²) in [5.74, 6) is -1.66. The molecule has 30 heavy (non-hydrogen) atoms. The van der Waals surface area contributed by atoms with Crippen LogP contribution in [0, 0.1) is 0 Å². The van der Waals surface area contributed by atoms with Crippen LogP contribution in [-0.4, -0.2) is 42.2 Å². The Balaban J connectivity index is 1.59. The zero-order valence-corrected chi connectivity index (χ0v) is 17.6. The first-order chi connectivity index (χ1) is 14.5. The topological polar surface area (TPSA) is 96.5 Å². The molecule has 0 aromatic heterocycles. The first-order valence-electron chi connectivity index (χ1n) is 9.74. The number of nitrogens with one attached hydrogen (secondary N) is 3. The third kappa shape index (κ3) is 6.33. The predicted octanol–water partition coefficient (Wildman–Crippen LogP) is 3.04. The highest BCUT2D eigenvalue weighted by Crippen LogP contribution is 2.40. The van der Waals surface area contributed by atoms with Crippen LogP contribution in [0.2, 0.25) is 0 Å². The van der Waals surface area contributed by atoms with Gasteiger partial charge < -0.3 is 20.7 Å². The lowest BCUT2D eigenvalue weighted by Gasteiger charge is -2.36. The number of ether oxygens (including phenoxy) is 1. The first kappa shape index (κ1) is 21.9. The van der Waals surface area contributed by atoms with Crippen molar-refractivity contribution in [3.05, 3.63) is 54.6 Å². The van der Waals surface area contributed by atoms with Gasteiger partial charge in [-0.3, -0.25) is 14.4 Å². The molecule has 2 aromatic rings. The van der Waals surface area contributed by atoms with Crippen molar-refractivity contribution in [1.29, 1.82) is 0 Å². The number of rotatable bonds is 6. The molecule has 0 atom stereocenters. The van der Waals surface area contributed by atoms with E-state index in [0.717, 1.165) is 17.7 Å². The van der Waals surface area contributed by atoms with Crippen molar-refractivity contribution >= 4 is 40.9 Å². The van der Waals surface area contributed by atoms with Crippen molar-refractivity contribution in [2.75, 3.05) is 30.4 Å². The lowest BCUT2D eigenvalue weighted by atomic mass is 9.99. The molecule has 0 unspecified atom stereocenters. The van der Waals surface area contributed by atoms with Gasteiger partial charge in [0.15, 0.2) is 0 Å². The molecule has 3 amide bonds. The van der Waals surface area contributed by atoms with E-state index in [0.29, 0.717) is 31.1 Å². The fourth-order valence-corrected chi connectivity index (χ4v) is 4.49. The molecule has 3 N–H and O–H groups in total. The molecule has 2 aromatic carbocycles. The number of amides is 3. The Hall–Kier alpha value is -2.84. The summed E-state index contributed by atoms with van der Waals surface area (Å²) in [5.41, 5.74) is 0.974. The van der Waals surface area contributed by atoms with E-state index in [4.69, 9.17) is 4.74 Å². The van der Waals surface area contributed by atoms with E-state index < -0.39 is 11.8 Å². The fraction of sp³-hybridized carbons (Fsp3) is 0.318. The summed E-state index contributed by atoms with van der Waals surface area (Å²) in [6.07, 6.45) is 1.57. The molecule has 0 saturated carbocycles. The van der Waals surface area contributed by atoms with E-state index >= 15 is 0 Å². The number of thioether (sulfide) groups is 1. The van der Waals surface area contributed by atoms with E-state index in [1.165, 1.54) is 6.92 Å². The Labute approximate surface area is 180 Å². The van der Waals surface area contributed by atoms with Gasteiger partial charge in [-0.15, -0.1) is 11.8 Å². The van der Waals surface area contributed by atoms with Gasteiger partial charge in [-0.25, -0.2) is 0 Å².